The minimum absolute atomic E-state index is 0.180. The van der Waals surface area contributed by atoms with Crippen LogP contribution in [-0.2, 0) is 4.79 Å². The Kier molecular flexibility index (Phi) is 6.30. The first-order valence-electron chi connectivity index (χ1n) is 8.39. The van der Waals surface area contributed by atoms with E-state index in [9.17, 15) is 9.90 Å². The van der Waals surface area contributed by atoms with Crippen LogP contribution in [0.5, 0.6) is 0 Å². The van der Waals surface area contributed by atoms with Crippen LogP contribution in [0, 0.1) is 5.92 Å². The van der Waals surface area contributed by atoms with Crippen molar-refractivity contribution in [3.63, 3.8) is 0 Å². The van der Waals surface area contributed by atoms with Crippen LogP contribution < -0.4 is 0 Å². The highest BCUT2D eigenvalue weighted by Crippen LogP contribution is 2.22. The minimum atomic E-state index is -0.180. The number of piperidine rings is 2. The maximum absolute atomic E-state index is 12.2. The Morgan fingerprint density at radius 2 is 1.80 bits per heavy atom. The Bertz CT molecular complexity index is 295. The number of carbonyl (C=O) groups excluding carboxylic acids is 1. The number of rotatable bonds is 5. The number of nitrogens with zero attached hydrogens (tertiary/aromatic N) is 2. The van der Waals surface area contributed by atoms with Gasteiger partial charge in [-0.1, -0.05) is 13.3 Å². The van der Waals surface area contributed by atoms with E-state index in [2.05, 4.69) is 4.90 Å². The lowest BCUT2D eigenvalue weighted by atomic mass is 9.90. The molecule has 0 radical (unpaired) electrons. The summed E-state index contributed by atoms with van der Waals surface area (Å²) in [6.45, 7) is 6.95. The third-order valence-corrected chi connectivity index (χ3v) is 4.95. The highest BCUT2D eigenvalue weighted by atomic mass is 16.3. The van der Waals surface area contributed by atoms with Gasteiger partial charge in [-0.05, 0) is 51.1 Å². The topological polar surface area (TPSA) is 43.8 Å². The SMILES string of the molecule is CCC(O)C1CCN(C(=O)CCN2CCCCC2)CC1. The number of aliphatic hydroxyl groups excluding tert-OH is 1. The van der Waals surface area contributed by atoms with Crippen molar-refractivity contribution in [1.29, 1.82) is 0 Å². The van der Waals surface area contributed by atoms with E-state index in [-0.39, 0.29) is 6.10 Å². The van der Waals surface area contributed by atoms with Crippen LogP contribution in [0.1, 0.15) is 51.9 Å². The molecule has 0 saturated carbocycles. The van der Waals surface area contributed by atoms with E-state index in [4.69, 9.17) is 0 Å². The molecule has 20 heavy (non-hydrogen) atoms. The first kappa shape index (κ1) is 15.8. The Hall–Kier alpha value is -0.610. The summed E-state index contributed by atoms with van der Waals surface area (Å²) in [7, 11) is 0. The summed E-state index contributed by atoms with van der Waals surface area (Å²) >= 11 is 0. The lowest BCUT2D eigenvalue weighted by Gasteiger charge is -2.34. The molecular weight excluding hydrogens is 252 g/mol. The molecule has 2 aliphatic heterocycles. The Balaban J connectivity index is 1.66. The van der Waals surface area contributed by atoms with Crippen LogP contribution in [0.25, 0.3) is 0 Å². The lowest BCUT2D eigenvalue weighted by Crippen LogP contribution is -2.42. The van der Waals surface area contributed by atoms with Crippen LogP contribution in [-0.4, -0.2) is 59.6 Å². The molecule has 0 aromatic heterocycles. The fourth-order valence-electron chi connectivity index (χ4n) is 3.46. The summed E-state index contributed by atoms with van der Waals surface area (Å²) in [4.78, 5) is 16.7. The van der Waals surface area contributed by atoms with Gasteiger partial charge in [-0.2, -0.15) is 0 Å². The van der Waals surface area contributed by atoms with Crippen molar-refractivity contribution in [3.8, 4) is 0 Å². The van der Waals surface area contributed by atoms with E-state index < -0.39 is 0 Å². The Morgan fingerprint density at radius 1 is 1.15 bits per heavy atom. The summed E-state index contributed by atoms with van der Waals surface area (Å²) < 4.78 is 0. The zero-order valence-electron chi connectivity index (χ0n) is 12.9. The van der Waals surface area contributed by atoms with Crippen molar-refractivity contribution < 1.29 is 9.90 Å². The molecule has 1 amide bonds. The van der Waals surface area contributed by atoms with Gasteiger partial charge in [-0.15, -0.1) is 0 Å². The van der Waals surface area contributed by atoms with Gasteiger partial charge in [-0.25, -0.2) is 0 Å². The van der Waals surface area contributed by atoms with Crippen molar-refractivity contribution in [2.45, 2.75) is 58.0 Å². The van der Waals surface area contributed by atoms with Crippen molar-refractivity contribution in [1.82, 2.24) is 9.80 Å². The summed E-state index contributed by atoms with van der Waals surface area (Å²) in [5.74, 6) is 0.700. The average molecular weight is 282 g/mol. The number of hydrogen-bond donors (Lipinski definition) is 1. The van der Waals surface area contributed by atoms with Crippen LogP contribution in [0.3, 0.4) is 0 Å². The van der Waals surface area contributed by atoms with Gasteiger partial charge >= 0.3 is 0 Å². The molecule has 2 saturated heterocycles. The van der Waals surface area contributed by atoms with Gasteiger partial charge in [0.15, 0.2) is 0 Å². The lowest BCUT2D eigenvalue weighted by molar-refractivity contribution is -0.133. The second-order valence-electron chi connectivity index (χ2n) is 6.35. The number of likely N-dealkylation sites (tertiary alicyclic amines) is 2. The maximum Gasteiger partial charge on any atom is 0.223 e. The van der Waals surface area contributed by atoms with Crippen molar-refractivity contribution >= 4 is 5.91 Å². The maximum atomic E-state index is 12.2. The molecule has 0 aromatic carbocycles. The molecule has 0 aromatic rings. The van der Waals surface area contributed by atoms with Crippen LogP contribution in [0.4, 0.5) is 0 Å². The zero-order chi connectivity index (χ0) is 14.4. The van der Waals surface area contributed by atoms with Crippen LogP contribution in [0.2, 0.25) is 0 Å². The molecule has 0 bridgehead atoms. The van der Waals surface area contributed by atoms with Gasteiger partial charge in [0.2, 0.25) is 5.91 Å². The highest BCUT2D eigenvalue weighted by Gasteiger charge is 2.26. The largest absolute Gasteiger partial charge is 0.393 e. The predicted octanol–water partition coefficient (Wildman–Crippen LogP) is 1.87. The first-order chi connectivity index (χ1) is 9.70. The molecule has 4 nitrogen and oxygen atoms in total. The average Bonchev–Trinajstić information content (AvgIpc) is 2.53. The van der Waals surface area contributed by atoms with Crippen molar-refractivity contribution in [2.24, 2.45) is 5.92 Å². The fraction of sp³-hybridized carbons (Fsp3) is 0.938. The van der Waals surface area contributed by atoms with E-state index in [0.717, 1.165) is 52.0 Å². The normalized spacial score (nSPS) is 23.8. The van der Waals surface area contributed by atoms with E-state index in [1.807, 2.05) is 11.8 Å². The minimum Gasteiger partial charge on any atom is -0.393 e. The number of amides is 1. The molecule has 1 unspecified atom stereocenters. The molecule has 1 atom stereocenters. The number of hydrogen-bond acceptors (Lipinski definition) is 3. The van der Waals surface area contributed by atoms with Gasteiger partial charge in [-0.3, -0.25) is 4.79 Å². The molecule has 0 spiro atoms. The van der Waals surface area contributed by atoms with E-state index >= 15 is 0 Å². The molecule has 2 aliphatic rings. The Labute approximate surface area is 123 Å². The van der Waals surface area contributed by atoms with Crippen molar-refractivity contribution in [3.05, 3.63) is 0 Å². The molecular formula is C16H30N2O2. The highest BCUT2D eigenvalue weighted by molar-refractivity contribution is 5.76. The van der Waals surface area contributed by atoms with Gasteiger partial charge in [0, 0.05) is 26.1 Å². The molecule has 1 N–H and O–H groups in total. The van der Waals surface area contributed by atoms with Crippen LogP contribution in [0.15, 0.2) is 0 Å². The van der Waals surface area contributed by atoms with E-state index in [1.165, 1.54) is 19.3 Å². The zero-order valence-corrected chi connectivity index (χ0v) is 12.9. The quantitative estimate of drug-likeness (QED) is 0.837. The smallest absolute Gasteiger partial charge is 0.223 e. The third-order valence-electron chi connectivity index (χ3n) is 4.95. The molecule has 2 rings (SSSR count). The summed E-state index contributed by atoms with van der Waals surface area (Å²) in [6.07, 6.45) is 7.16. The molecule has 2 fully saturated rings. The summed E-state index contributed by atoms with van der Waals surface area (Å²) in [5.41, 5.74) is 0. The number of aliphatic hydroxyl groups is 1. The molecule has 4 heteroatoms. The van der Waals surface area contributed by atoms with E-state index in [1.54, 1.807) is 0 Å². The Morgan fingerprint density at radius 3 is 2.40 bits per heavy atom. The standard InChI is InChI=1S/C16H30N2O2/c1-2-15(19)14-6-12-18(13-7-14)16(20)8-11-17-9-4-3-5-10-17/h14-15,19H,2-13H2,1H3. The first-order valence-corrected chi connectivity index (χ1v) is 8.39. The van der Waals surface area contributed by atoms with Crippen LogP contribution >= 0.6 is 0 Å². The molecule has 116 valence electrons. The van der Waals surface area contributed by atoms with Gasteiger partial charge < -0.3 is 14.9 Å². The van der Waals surface area contributed by atoms with E-state index in [0.29, 0.717) is 18.2 Å². The van der Waals surface area contributed by atoms with Gasteiger partial charge in [0.05, 0.1) is 6.10 Å². The van der Waals surface area contributed by atoms with Gasteiger partial charge in [0.1, 0.15) is 0 Å². The molecule has 2 heterocycles. The summed E-state index contributed by atoms with van der Waals surface area (Å²) in [6, 6.07) is 0. The van der Waals surface area contributed by atoms with Crippen molar-refractivity contribution in [2.75, 3.05) is 32.7 Å². The van der Waals surface area contributed by atoms with Gasteiger partial charge in [0.25, 0.3) is 0 Å². The number of carbonyl (C=O) groups is 1. The second kappa shape index (κ2) is 7.99. The third kappa shape index (κ3) is 4.45. The monoisotopic (exact) mass is 282 g/mol. The molecule has 0 aliphatic carbocycles. The predicted molar refractivity (Wildman–Crippen MR) is 80.5 cm³/mol. The second-order valence-corrected chi connectivity index (χ2v) is 6.35. The fourth-order valence-corrected chi connectivity index (χ4v) is 3.46. The summed E-state index contributed by atoms with van der Waals surface area (Å²) in [5, 5.41) is 9.87.